The third-order valence-corrected chi connectivity index (χ3v) is 6.11. The fourth-order valence-electron chi connectivity index (χ4n) is 3.53. The van der Waals surface area contributed by atoms with Crippen molar-refractivity contribution in [3.63, 3.8) is 0 Å². The summed E-state index contributed by atoms with van der Waals surface area (Å²) in [5.74, 6) is 1.72. The zero-order valence-corrected chi connectivity index (χ0v) is 15.4. The fraction of sp³-hybridized carbons (Fsp3) is 0.368. The highest BCUT2D eigenvalue weighted by molar-refractivity contribution is 7.90. The zero-order chi connectivity index (χ0) is 18.1. The number of amidine groups is 1. The minimum Gasteiger partial charge on any atom is -0.493 e. The number of aryl methyl sites for hydroxylation is 1. The topological polar surface area (TPSA) is 71.9 Å². The van der Waals surface area contributed by atoms with Crippen molar-refractivity contribution in [1.29, 1.82) is 0 Å². The first-order chi connectivity index (χ1) is 12.5. The van der Waals surface area contributed by atoms with Crippen molar-refractivity contribution in [2.24, 2.45) is 10.3 Å². The van der Waals surface area contributed by atoms with Crippen LogP contribution in [0.2, 0.25) is 0 Å². The van der Waals surface area contributed by atoms with Crippen molar-refractivity contribution in [2.45, 2.75) is 24.7 Å². The molecule has 2 aliphatic heterocycles. The highest BCUT2D eigenvalue weighted by Crippen LogP contribution is 2.29. The lowest BCUT2D eigenvalue weighted by atomic mass is 9.98. The zero-order valence-electron chi connectivity index (χ0n) is 14.6. The summed E-state index contributed by atoms with van der Waals surface area (Å²) in [7, 11) is -3.57. The molecule has 2 aliphatic rings. The molecule has 1 saturated heterocycles. The number of piperidine rings is 1. The summed E-state index contributed by atoms with van der Waals surface area (Å²) in [5.41, 5.74) is 1.63. The maximum atomic E-state index is 12.3. The largest absolute Gasteiger partial charge is 0.493 e. The van der Waals surface area contributed by atoms with Gasteiger partial charge in [-0.25, -0.2) is 0 Å². The van der Waals surface area contributed by atoms with Gasteiger partial charge in [-0.1, -0.05) is 12.1 Å². The summed E-state index contributed by atoms with van der Waals surface area (Å²) < 4.78 is 34.5. The van der Waals surface area contributed by atoms with Gasteiger partial charge in [-0.3, -0.25) is 4.98 Å². The van der Waals surface area contributed by atoms with Gasteiger partial charge in [0.05, 0.1) is 6.61 Å². The molecule has 0 amide bonds. The Kier molecular flexibility index (Phi) is 4.40. The number of hydrogen-bond donors (Lipinski definition) is 0. The first-order valence-corrected chi connectivity index (χ1v) is 10.2. The molecular formula is C19H21N3O3S. The summed E-state index contributed by atoms with van der Waals surface area (Å²) in [6.45, 7) is 4.09. The number of fused-ring (bicyclic) bond motifs is 1. The highest BCUT2D eigenvalue weighted by atomic mass is 32.2. The van der Waals surface area contributed by atoms with Gasteiger partial charge in [-0.2, -0.15) is 8.42 Å². The molecule has 0 saturated carbocycles. The predicted molar refractivity (Wildman–Crippen MR) is 98.9 cm³/mol. The third-order valence-electron chi connectivity index (χ3n) is 4.78. The second-order valence-corrected chi connectivity index (χ2v) is 8.36. The second kappa shape index (κ2) is 6.72. The lowest BCUT2D eigenvalue weighted by Crippen LogP contribution is -2.41. The fourth-order valence-corrected chi connectivity index (χ4v) is 4.76. The standard InChI is InChI=1S/C19H21N3O3S/c1-14-11-16(8-9-20-14)25-13-15-5-4-10-22(12-15)19-17-6-2-3-7-18(17)26(23,24)21-19/h2-3,6-9,11,15H,4-5,10,12-13H2,1H3. The molecule has 4 rings (SSSR count). The van der Waals surface area contributed by atoms with Crippen LogP contribution >= 0.6 is 0 Å². The van der Waals surface area contributed by atoms with E-state index in [1.807, 2.05) is 31.2 Å². The Labute approximate surface area is 153 Å². The van der Waals surface area contributed by atoms with Crippen molar-refractivity contribution in [3.05, 3.63) is 53.9 Å². The molecule has 26 heavy (non-hydrogen) atoms. The van der Waals surface area contributed by atoms with E-state index in [2.05, 4.69) is 14.3 Å². The molecule has 6 nitrogen and oxygen atoms in total. The van der Waals surface area contributed by atoms with E-state index in [1.54, 1.807) is 18.3 Å². The molecule has 0 N–H and O–H groups in total. The van der Waals surface area contributed by atoms with Crippen LogP contribution in [0.1, 0.15) is 24.1 Å². The number of ether oxygens (including phenoxy) is 1. The van der Waals surface area contributed by atoms with Gasteiger partial charge >= 0.3 is 0 Å². The lowest BCUT2D eigenvalue weighted by Gasteiger charge is -2.34. The highest BCUT2D eigenvalue weighted by Gasteiger charge is 2.33. The number of aromatic nitrogens is 1. The molecule has 3 heterocycles. The number of likely N-dealkylation sites (tertiary alicyclic amines) is 1. The molecule has 1 atom stereocenters. The van der Waals surface area contributed by atoms with Gasteiger partial charge in [0.25, 0.3) is 10.0 Å². The monoisotopic (exact) mass is 371 g/mol. The molecule has 1 aromatic carbocycles. The number of benzene rings is 1. The number of nitrogens with zero attached hydrogens (tertiary/aromatic N) is 3. The van der Waals surface area contributed by atoms with Crippen LogP contribution in [0.3, 0.4) is 0 Å². The van der Waals surface area contributed by atoms with Crippen LogP contribution < -0.4 is 4.74 Å². The van der Waals surface area contributed by atoms with E-state index < -0.39 is 10.0 Å². The van der Waals surface area contributed by atoms with Gasteiger partial charge in [-0.15, -0.1) is 4.40 Å². The van der Waals surface area contributed by atoms with Crippen molar-refractivity contribution >= 4 is 15.9 Å². The molecule has 2 aromatic rings. The van der Waals surface area contributed by atoms with Gasteiger partial charge in [0.2, 0.25) is 0 Å². The Hall–Kier alpha value is -2.41. The summed E-state index contributed by atoms with van der Waals surface area (Å²) in [4.78, 5) is 6.56. The minimum atomic E-state index is -3.57. The van der Waals surface area contributed by atoms with Gasteiger partial charge in [-0.05, 0) is 38.0 Å². The Balaban J connectivity index is 1.48. The van der Waals surface area contributed by atoms with E-state index in [1.165, 1.54) is 0 Å². The normalized spacial score (nSPS) is 21.2. The van der Waals surface area contributed by atoms with Crippen LogP contribution in [-0.2, 0) is 10.0 Å². The first-order valence-electron chi connectivity index (χ1n) is 8.78. The molecular weight excluding hydrogens is 350 g/mol. The summed E-state index contributed by atoms with van der Waals surface area (Å²) in [5, 5.41) is 0. The maximum absolute atomic E-state index is 12.3. The Morgan fingerprint density at radius 2 is 2.12 bits per heavy atom. The van der Waals surface area contributed by atoms with Crippen molar-refractivity contribution in [1.82, 2.24) is 9.88 Å². The lowest BCUT2D eigenvalue weighted by molar-refractivity contribution is 0.175. The van der Waals surface area contributed by atoms with Crippen molar-refractivity contribution in [3.8, 4) is 5.75 Å². The van der Waals surface area contributed by atoms with E-state index >= 15 is 0 Å². The molecule has 1 aromatic heterocycles. The van der Waals surface area contributed by atoms with Crippen LogP contribution in [0.25, 0.3) is 0 Å². The van der Waals surface area contributed by atoms with Gasteiger partial charge < -0.3 is 9.64 Å². The van der Waals surface area contributed by atoms with Crippen LogP contribution in [-0.4, -0.2) is 43.8 Å². The van der Waals surface area contributed by atoms with Crippen LogP contribution in [0.5, 0.6) is 5.75 Å². The van der Waals surface area contributed by atoms with Crippen LogP contribution in [0.15, 0.2) is 51.9 Å². The number of pyridine rings is 1. The Morgan fingerprint density at radius 3 is 2.96 bits per heavy atom. The van der Waals surface area contributed by atoms with E-state index in [0.29, 0.717) is 28.8 Å². The summed E-state index contributed by atoms with van der Waals surface area (Å²) >= 11 is 0. The predicted octanol–water partition coefficient (Wildman–Crippen LogP) is 2.63. The Morgan fingerprint density at radius 1 is 1.27 bits per heavy atom. The molecule has 0 spiro atoms. The molecule has 0 bridgehead atoms. The van der Waals surface area contributed by atoms with Crippen molar-refractivity contribution < 1.29 is 13.2 Å². The summed E-state index contributed by atoms with van der Waals surface area (Å²) in [6, 6.07) is 10.8. The second-order valence-electron chi connectivity index (χ2n) is 6.78. The van der Waals surface area contributed by atoms with Gasteiger partial charge in [0.1, 0.15) is 10.6 Å². The maximum Gasteiger partial charge on any atom is 0.285 e. The first kappa shape index (κ1) is 17.0. The molecule has 1 unspecified atom stereocenters. The van der Waals surface area contributed by atoms with E-state index in [4.69, 9.17) is 4.74 Å². The van der Waals surface area contributed by atoms with E-state index in [9.17, 15) is 8.42 Å². The minimum absolute atomic E-state index is 0.306. The summed E-state index contributed by atoms with van der Waals surface area (Å²) in [6.07, 6.45) is 3.79. The third kappa shape index (κ3) is 3.31. The molecule has 0 radical (unpaired) electrons. The van der Waals surface area contributed by atoms with E-state index in [0.717, 1.165) is 37.4 Å². The quantitative estimate of drug-likeness (QED) is 0.829. The molecule has 7 heteroatoms. The average Bonchev–Trinajstić information content (AvgIpc) is 2.92. The van der Waals surface area contributed by atoms with Crippen molar-refractivity contribution in [2.75, 3.05) is 19.7 Å². The van der Waals surface area contributed by atoms with Gasteiger partial charge in [0, 0.05) is 42.5 Å². The molecule has 0 aliphatic carbocycles. The number of sulfonamides is 1. The molecule has 136 valence electrons. The molecule has 1 fully saturated rings. The van der Waals surface area contributed by atoms with Gasteiger partial charge in [0.15, 0.2) is 5.84 Å². The SMILES string of the molecule is Cc1cc(OCC2CCCN(C3=NS(=O)(=O)c4ccccc43)C2)ccn1. The van der Waals surface area contributed by atoms with Crippen LogP contribution in [0.4, 0.5) is 0 Å². The Bertz CT molecular complexity index is 956. The van der Waals surface area contributed by atoms with E-state index in [-0.39, 0.29) is 0 Å². The average molecular weight is 371 g/mol. The number of rotatable bonds is 3. The number of hydrogen-bond acceptors (Lipinski definition) is 5. The smallest absolute Gasteiger partial charge is 0.285 e. The van der Waals surface area contributed by atoms with Crippen LogP contribution in [0, 0.1) is 12.8 Å².